The fourth-order valence-electron chi connectivity index (χ4n) is 5.45. The number of ether oxygens (including phenoxy) is 2. The Kier molecular flexibility index (Phi) is 2.50. The molecule has 1 saturated heterocycles. The van der Waals surface area contributed by atoms with Crippen LogP contribution in [0.3, 0.4) is 0 Å². The molecule has 0 radical (unpaired) electrons. The van der Waals surface area contributed by atoms with E-state index in [0.29, 0.717) is 29.0 Å². The lowest BCUT2D eigenvalue weighted by Gasteiger charge is -2.38. The van der Waals surface area contributed by atoms with E-state index in [2.05, 4.69) is 27.7 Å². The van der Waals surface area contributed by atoms with Crippen molar-refractivity contribution in [2.75, 3.05) is 0 Å². The molecule has 2 unspecified atom stereocenters. The third-order valence-electron chi connectivity index (χ3n) is 7.25. The summed E-state index contributed by atoms with van der Waals surface area (Å²) in [6.07, 6.45) is 7.54. The van der Waals surface area contributed by atoms with Gasteiger partial charge in [-0.25, -0.2) is 0 Å². The van der Waals surface area contributed by atoms with Crippen molar-refractivity contribution < 1.29 is 9.47 Å². The van der Waals surface area contributed by atoms with Crippen LogP contribution in [0.25, 0.3) is 0 Å². The summed E-state index contributed by atoms with van der Waals surface area (Å²) in [4.78, 5) is 0. The summed E-state index contributed by atoms with van der Waals surface area (Å²) in [5, 5.41) is 0. The van der Waals surface area contributed by atoms with Gasteiger partial charge in [0.2, 0.25) is 0 Å². The Morgan fingerprint density at radius 2 is 1.95 bits per heavy atom. The normalized spacial score (nSPS) is 57.5. The van der Waals surface area contributed by atoms with Crippen molar-refractivity contribution in [2.45, 2.75) is 78.3 Å². The van der Waals surface area contributed by atoms with Crippen LogP contribution < -0.4 is 0 Å². The second-order valence-corrected chi connectivity index (χ2v) is 8.26. The molecule has 1 aliphatic heterocycles. The Labute approximate surface area is 117 Å². The standard InChI is InChI=1S/C17H28O2/c1-5-6-10-9-11(10)15-18-13-12-7-8-17(4,14(13)19-15)16(12,2)3/h10-15H,5-9H2,1-4H3/t10?,11?,12-,13-,14-,15-,17+/m1/s1. The molecule has 0 spiro atoms. The first kappa shape index (κ1) is 12.6. The smallest absolute Gasteiger partial charge is 0.161 e. The molecule has 4 fully saturated rings. The molecule has 0 aromatic carbocycles. The van der Waals surface area contributed by atoms with Crippen LogP contribution in [0.1, 0.15) is 59.8 Å². The first-order chi connectivity index (χ1) is 8.99. The highest BCUT2D eigenvalue weighted by Crippen LogP contribution is 2.69. The molecule has 4 aliphatic rings. The molecule has 7 atom stereocenters. The fraction of sp³-hybridized carbons (Fsp3) is 1.00. The second-order valence-electron chi connectivity index (χ2n) is 8.26. The third-order valence-corrected chi connectivity index (χ3v) is 7.25. The maximum atomic E-state index is 6.44. The zero-order chi connectivity index (χ0) is 13.4. The van der Waals surface area contributed by atoms with Gasteiger partial charge >= 0.3 is 0 Å². The first-order valence-corrected chi connectivity index (χ1v) is 8.30. The minimum atomic E-state index is 0.127. The van der Waals surface area contributed by atoms with Gasteiger partial charge in [-0.05, 0) is 36.5 Å². The predicted molar refractivity (Wildman–Crippen MR) is 74.7 cm³/mol. The zero-order valence-corrected chi connectivity index (χ0v) is 12.8. The molecule has 3 saturated carbocycles. The van der Waals surface area contributed by atoms with Crippen LogP contribution in [-0.2, 0) is 9.47 Å². The van der Waals surface area contributed by atoms with E-state index >= 15 is 0 Å². The van der Waals surface area contributed by atoms with Gasteiger partial charge in [0, 0.05) is 11.3 Å². The van der Waals surface area contributed by atoms with E-state index in [1.165, 1.54) is 32.1 Å². The molecule has 4 rings (SSSR count). The maximum Gasteiger partial charge on any atom is 0.161 e. The minimum absolute atomic E-state index is 0.127. The fourth-order valence-corrected chi connectivity index (χ4v) is 5.45. The van der Waals surface area contributed by atoms with Gasteiger partial charge in [0.25, 0.3) is 0 Å². The Bertz CT molecular complexity index is 391. The van der Waals surface area contributed by atoms with Crippen molar-refractivity contribution >= 4 is 0 Å². The number of hydrogen-bond acceptors (Lipinski definition) is 2. The molecule has 2 bridgehead atoms. The minimum Gasteiger partial charge on any atom is -0.346 e. The molecule has 3 aliphatic carbocycles. The summed E-state index contributed by atoms with van der Waals surface area (Å²) in [6, 6.07) is 0. The molecule has 0 aromatic rings. The molecular formula is C17H28O2. The van der Waals surface area contributed by atoms with Crippen molar-refractivity contribution in [3.8, 4) is 0 Å². The summed E-state index contributed by atoms with van der Waals surface area (Å²) in [7, 11) is 0. The van der Waals surface area contributed by atoms with Crippen LogP contribution >= 0.6 is 0 Å². The molecule has 0 N–H and O–H groups in total. The Balaban J connectivity index is 1.50. The highest BCUT2D eigenvalue weighted by atomic mass is 16.7. The molecule has 19 heavy (non-hydrogen) atoms. The first-order valence-electron chi connectivity index (χ1n) is 8.30. The van der Waals surface area contributed by atoms with Gasteiger partial charge in [-0.15, -0.1) is 0 Å². The monoisotopic (exact) mass is 264 g/mol. The van der Waals surface area contributed by atoms with E-state index in [-0.39, 0.29) is 6.29 Å². The van der Waals surface area contributed by atoms with E-state index in [0.717, 1.165) is 11.8 Å². The molecule has 0 aromatic heterocycles. The largest absolute Gasteiger partial charge is 0.346 e. The number of hydrogen-bond donors (Lipinski definition) is 0. The summed E-state index contributed by atoms with van der Waals surface area (Å²) >= 11 is 0. The van der Waals surface area contributed by atoms with Gasteiger partial charge in [-0.2, -0.15) is 0 Å². The summed E-state index contributed by atoms with van der Waals surface area (Å²) < 4.78 is 12.8. The molecule has 2 heteroatoms. The van der Waals surface area contributed by atoms with Crippen molar-refractivity contribution in [3.05, 3.63) is 0 Å². The quantitative estimate of drug-likeness (QED) is 0.767. The predicted octanol–water partition coefficient (Wildman–Crippen LogP) is 3.99. The van der Waals surface area contributed by atoms with Gasteiger partial charge in [-0.1, -0.05) is 40.5 Å². The highest BCUT2D eigenvalue weighted by Gasteiger charge is 2.71. The van der Waals surface area contributed by atoms with Crippen molar-refractivity contribution in [1.29, 1.82) is 0 Å². The zero-order valence-electron chi connectivity index (χ0n) is 12.8. The van der Waals surface area contributed by atoms with Gasteiger partial charge < -0.3 is 9.47 Å². The van der Waals surface area contributed by atoms with Gasteiger partial charge in [0.15, 0.2) is 6.29 Å². The SMILES string of the molecule is CCCC1CC1[C@@H]1O[C@@H]2[C@H]3CC[C@@](C)([C@@H]2O1)C3(C)C. The number of rotatable bonds is 3. The lowest BCUT2D eigenvalue weighted by molar-refractivity contribution is -0.125. The molecular weight excluding hydrogens is 236 g/mol. The van der Waals surface area contributed by atoms with E-state index in [9.17, 15) is 0 Å². The Morgan fingerprint density at radius 1 is 1.16 bits per heavy atom. The van der Waals surface area contributed by atoms with E-state index in [1.807, 2.05) is 0 Å². The van der Waals surface area contributed by atoms with Crippen LogP contribution in [0.4, 0.5) is 0 Å². The van der Waals surface area contributed by atoms with Crippen LogP contribution in [0.15, 0.2) is 0 Å². The molecule has 0 amide bonds. The lowest BCUT2D eigenvalue weighted by Crippen LogP contribution is -2.38. The average molecular weight is 264 g/mol. The van der Waals surface area contributed by atoms with Gasteiger partial charge in [0.05, 0.1) is 12.2 Å². The summed E-state index contributed by atoms with van der Waals surface area (Å²) in [6.45, 7) is 9.59. The second kappa shape index (κ2) is 3.76. The maximum absolute atomic E-state index is 6.44. The molecule has 2 nitrogen and oxygen atoms in total. The lowest BCUT2D eigenvalue weighted by atomic mass is 9.70. The van der Waals surface area contributed by atoms with Crippen molar-refractivity contribution in [1.82, 2.24) is 0 Å². The van der Waals surface area contributed by atoms with E-state index < -0.39 is 0 Å². The third kappa shape index (κ3) is 1.45. The van der Waals surface area contributed by atoms with Gasteiger partial charge in [0.1, 0.15) is 0 Å². The van der Waals surface area contributed by atoms with Crippen molar-refractivity contribution in [3.63, 3.8) is 0 Å². The molecule has 1 heterocycles. The van der Waals surface area contributed by atoms with Crippen LogP contribution in [0.2, 0.25) is 0 Å². The topological polar surface area (TPSA) is 18.5 Å². The van der Waals surface area contributed by atoms with Crippen molar-refractivity contribution in [2.24, 2.45) is 28.6 Å². The average Bonchev–Trinajstić information content (AvgIpc) is 2.85. The summed E-state index contributed by atoms with van der Waals surface area (Å²) in [5.41, 5.74) is 0.728. The van der Waals surface area contributed by atoms with E-state index in [1.54, 1.807) is 0 Å². The van der Waals surface area contributed by atoms with Gasteiger partial charge in [-0.3, -0.25) is 0 Å². The molecule has 108 valence electrons. The number of fused-ring (bicyclic) bond motifs is 5. The van der Waals surface area contributed by atoms with Crippen LogP contribution in [0.5, 0.6) is 0 Å². The Morgan fingerprint density at radius 3 is 2.63 bits per heavy atom. The highest BCUT2D eigenvalue weighted by molar-refractivity contribution is 5.18. The van der Waals surface area contributed by atoms with Crippen LogP contribution in [0, 0.1) is 28.6 Å². The van der Waals surface area contributed by atoms with Crippen LogP contribution in [-0.4, -0.2) is 18.5 Å². The van der Waals surface area contributed by atoms with E-state index in [4.69, 9.17) is 9.47 Å². The Hall–Kier alpha value is -0.0800. The summed E-state index contributed by atoms with van der Waals surface area (Å²) in [5.74, 6) is 2.31.